The zero-order valence-corrected chi connectivity index (χ0v) is 16.5. The zero-order valence-electron chi connectivity index (χ0n) is 16.5. The second-order valence-corrected chi connectivity index (χ2v) is 6.35. The highest BCUT2D eigenvalue weighted by molar-refractivity contribution is 5.78. The summed E-state index contributed by atoms with van der Waals surface area (Å²) in [5.41, 5.74) is 2.58. The van der Waals surface area contributed by atoms with Crippen LogP contribution in [0.3, 0.4) is 0 Å². The number of benzene rings is 2. The second kappa shape index (κ2) is 9.41. The summed E-state index contributed by atoms with van der Waals surface area (Å²) in [6, 6.07) is 10.5. The molecule has 28 heavy (non-hydrogen) atoms. The average Bonchev–Trinajstić information content (AvgIpc) is 3.06. The lowest BCUT2D eigenvalue weighted by Gasteiger charge is -2.13. The van der Waals surface area contributed by atoms with Crippen molar-refractivity contribution in [1.82, 2.24) is 9.55 Å². The van der Waals surface area contributed by atoms with Crippen LogP contribution in [0.5, 0.6) is 11.5 Å². The zero-order chi connectivity index (χ0) is 19.9. The number of rotatable bonds is 10. The Hall–Kier alpha value is -2.80. The monoisotopic (exact) mass is 387 g/mol. The van der Waals surface area contributed by atoms with Gasteiger partial charge < -0.3 is 24.1 Å². The molecule has 0 unspecified atom stereocenters. The molecule has 1 aromatic heterocycles. The number of nitrogens with one attached hydrogen (secondary N) is 1. The van der Waals surface area contributed by atoms with Crippen LogP contribution in [-0.2, 0) is 17.8 Å². The minimum absolute atomic E-state index is 0.287. The van der Waals surface area contributed by atoms with Crippen LogP contribution < -0.4 is 14.8 Å². The van der Waals surface area contributed by atoms with E-state index in [1.54, 1.807) is 20.3 Å². The van der Waals surface area contributed by atoms with Gasteiger partial charge in [0.25, 0.3) is 0 Å². The molecular formula is C21H26FN3O3. The summed E-state index contributed by atoms with van der Waals surface area (Å²) in [5, 5.41) is 3.34. The topological polar surface area (TPSA) is 57.5 Å². The van der Waals surface area contributed by atoms with Gasteiger partial charge in [-0.1, -0.05) is 6.07 Å². The fraction of sp³-hybridized carbons (Fsp3) is 0.381. The van der Waals surface area contributed by atoms with E-state index in [2.05, 4.69) is 10.3 Å². The van der Waals surface area contributed by atoms with Crippen molar-refractivity contribution in [3.05, 3.63) is 47.8 Å². The third kappa shape index (κ3) is 4.54. The van der Waals surface area contributed by atoms with Crippen LogP contribution in [0.25, 0.3) is 11.0 Å². The van der Waals surface area contributed by atoms with Crippen LogP contribution in [0.15, 0.2) is 36.4 Å². The third-order valence-corrected chi connectivity index (χ3v) is 4.46. The highest BCUT2D eigenvalue weighted by atomic mass is 19.1. The summed E-state index contributed by atoms with van der Waals surface area (Å²) in [4.78, 5) is 4.53. The first-order valence-electron chi connectivity index (χ1n) is 9.34. The number of anilines is 1. The highest BCUT2D eigenvalue weighted by Crippen LogP contribution is 2.29. The molecule has 0 amide bonds. The van der Waals surface area contributed by atoms with Gasteiger partial charge in [0.1, 0.15) is 5.82 Å². The first-order chi connectivity index (χ1) is 13.7. The van der Waals surface area contributed by atoms with Crippen molar-refractivity contribution in [2.45, 2.75) is 26.4 Å². The molecule has 0 atom stereocenters. The Kier molecular flexibility index (Phi) is 6.71. The number of fused-ring (bicyclic) bond motifs is 1. The van der Waals surface area contributed by atoms with Gasteiger partial charge in [-0.2, -0.15) is 0 Å². The number of imidazole rings is 1. The maximum atomic E-state index is 13.5. The lowest BCUT2D eigenvalue weighted by atomic mass is 10.2. The van der Waals surface area contributed by atoms with Gasteiger partial charge in [0, 0.05) is 39.3 Å². The van der Waals surface area contributed by atoms with Gasteiger partial charge in [-0.15, -0.1) is 0 Å². The predicted octanol–water partition coefficient (Wildman–Crippen LogP) is 4.23. The van der Waals surface area contributed by atoms with Gasteiger partial charge >= 0.3 is 0 Å². The van der Waals surface area contributed by atoms with Gasteiger partial charge in [0.15, 0.2) is 11.5 Å². The van der Waals surface area contributed by atoms with Crippen molar-refractivity contribution < 1.29 is 18.6 Å². The molecule has 0 aliphatic rings. The van der Waals surface area contributed by atoms with Crippen LogP contribution in [0.4, 0.5) is 10.3 Å². The van der Waals surface area contributed by atoms with E-state index in [4.69, 9.17) is 14.2 Å². The summed E-state index contributed by atoms with van der Waals surface area (Å²) < 4.78 is 31.8. The third-order valence-electron chi connectivity index (χ3n) is 4.46. The smallest absolute Gasteiger partial charge is 0.204 e. The van der Waals surface area contributed by atoms with E-state index in [1.807, 2.05) is 29.7 Å². The predicted molar refractivity (Wildman–Crippen MR) is 108 cm³/mol. The maximum absolute atomic E-state index is 13.5. The number of aromatic nitrogens is 2. The fourth-order valence-electron chi connectivity index (χ4n) is 3.07. The quantitative estimate of drug-likeness (QED) is 0.528. The number of halogens is 1. The molecule has 1 heterocycles. The normalized spacial score (nSPS) is 11.0. The molecule has 0 fully saturated rings. The largest absolute Gasteiger partial charge is 0.493 e. The number of ether oxygens (including phenoxy) is 3. The van der Waals surface area contributed by atoms with E-state index in [1.165, 1.54) is 12.1 Å². The molecule has 3 aromatic rings. The van der Waals surface area contributed by atoms with Gasteiger partial charge in [-0.3, -0.25) is 0 Å². The fourth-order valence-corrected chi connectivity index (χ4v) is 3.07. The summed E-state index contributed by atoms with van der Waals surface area (Å²) in [6.07, 6.45) is 0.805. The van der Waals surface area contributed by atoms with Crippen LogP contribution >= 0.6 is 0 Å². The maximum Gasteiger partial charge on any atom is 0.204 e. The Labute approximate surface area is 164 Å². The van der Waals surface area contributed by atoms with Crippen LogP contribution in [0.1, 0.15) is 18.9 Å². The van der Waals surface area contributed by atoms with Crippen molar-refractivity contribution in [2.75, 3.05) is 32.8 Å². The molecule has 0 spiro atoms. The van der Waals surface area contributed by atoms with Gasteiger partial charge in [0.05, 0.1) is 24.8 Å². The van der Waals surface area contributed by atoms with Crippen molar-refractivity contribution in [3.63, 3.8) is 0 Å². The first-order valence-corrected chi connectivity index (χ1v) is 9.34. The molecule has 0 radical (unpaired) electrons. The lowest BCUT2D eigenvalue weighted by molar-refractivity contribution is 0.170. The molecule has 7 heteroatoms. The second-order valence-electron chi connectivity index (χ2n) is 6.35. The molecule has 1 N–H and O–H groups in total. The first kappa shape index (κ1) is 19.9. The Morgan fingerprint density at radius 3 is 2.68 bits per heavy atom. The highest BCUT2D eigenvalue weighted by Gasteiger charge is 2.11. The average molecular weight is 387 g/mol. The van der Waals surface area contributed by atoms with Gasteiger partial charge in [-0.05, 0) is 36.8 Å². The van der Waals surface area contributed by atoms with E-state index in [-0.39, 0.29) is 5.82 Å². The Balaban J connectivity index is 1.74. The molecule has 6 nitrogen and oxygen atoms in total. The van der Waals surface area contributed by atoms with E-state index < -0.39 is 0 Å². The summed E-state index contributed by atoms with van der Waals surface area (Å²) in [6.45, 7) is 4.54. The van der Waals surface area contributed by atoms with E-state index in [0.29, 0.717) is 42.7 Å². The summed E-state index contributed by atoms with van der Waals surface area (Å²) >= 11 is 0. The van der Waals surface area contributed by atoms with Crippen LogP contribution in [-0.4, -0.2) is 37.0 Å². The van der Waals surface area contributed by atoms with E-state index >= 15 is 0 Å². The number of hydrogen-bond donors (Lipinski definition) is 1. The number of nitrogens with zero attached hydrogens (tertiary/aromatic N) is 2. The number of hydrogen-bond acceptors (Lipinski definition) is 5. The van der Waals surface area contributed by atoms with E-state index in [0.717, 1.165) is 24.0 Å². The molecule has 0 aliphatic heterocycles. The molecule has 150 valence electrons. The molecule has 0 aliphatic carbocycles. The molecule has 0 bridgehead atoms. The minimum Gasteiger partial charge on any atom is -0.493 e. The Bertz CT molecular complexity index is 927. The number of aryl methyl sites for hydroxylation is 1. The van der Waals surface area contributed by atoms with Crippen molar-refractivity contribution in [3.8, 4) is 11.5 Å². The molecule has 2 aromatic carbocycles. The lowest BCUT2D eigenvalue weighted by Crippen LogP contribution is -2.07. The Morgan fingerprint density at radius 1 is 1.07 bits per heavy atom. The van der Waals surface area contributed by atoms with Crippen molar-refractivity contribution >= 4 is 17.0 Å². The summed E-state index contributed by atoms with van der Waals surface area (Å²) in [7, 11) is 3.29. The Morgan fingerprint density at radius 2 is 1.93 bits per heavy atom. The molecular weight excluding hydrogens is 361 g/mol. The van der Waals surface area contributed by atoms with Crippen molar-refractivity contribution in [1.29, 1.82) is 0 Å². The van der Waals surface area contributed by atoms with Gasteiger partial charge in [-0.25, -0.2) is 9.37 Å². The van der Waals surface area contributed by atoms with Crippen LogP contribution in [0.2, 0.25) is 0 Å². The number of methoxy groups -OCH3 is 2. The molecule has 0 saturated carbocycles. The molecule has 0 saturated heterocycles. The molecule has 3 rings (SSSR count). The van der Waals surface area contributed by atoms with Crippen LogP contribution in [0, 0.1) is 5.82 Å². The van der Waals surface area contributed by atoms with Gasteiger partial charge in [0.2, 0.25) is 5.95 Å². The minimum atomic E-state index is -0.287. The van der Waals surface area contributed by atoms with E-state index in [9.17, 15) is 4.39 Å². The standard InChI is InChI=1S/C21H26FN3O3/c1-4-25-18-8-7-16(22)13-17(18)24-21(25)23-14-15-6-9-19(27-3)20(12-15)28-11-5-10-26-2/h6-9,12-13H,4-5,10-11,14H2,1-3H3,(H,23,24). The van der Waals surface area contributed by atoms with Crippen molar-refractivity contribution in [2.24, 2.45) is 0 Å². The SMILES string of the molecule is CCn1c(NCc2ccc(OC)c(OCCCOC)c2)nc2cc(F)ccc21. The summed E-state index contributed by atoms with van der Waals surface area (Å²) in [5.74, 6) is 1.81.